The van der Waals surface area contributed by atoms with Gasteiger partial charge in [-0.05, 0) is 53.9 Å². The molecule has 0 spiro atoms. The number of nitriles is 1. The molecule has 0 bridgehead atoms. The van der Waals surface area contributed by atoms with Crippen LogP contribution in [0, 0.1) is 11.3 Å². The lowest BCUT2D eigenvalue weighted by molar-refractivity contribution is 0.0686. The van der Waals surface area contributed by atoms with Crippen LogP contribution in [0.25, 0.3) is 0 Å². The molecule has 0 saturated carbocycles. The summed E-state index contributed by atoms with van der Waals surface area (Å²) < 4.78 is 33.8. The van der Waals surface area contributed by atoms with Crippen LogP contribution in [0.15, 0.2) is 77.7 Å². The van der Waals surface area contributed by atoms with Crippen LogP contribution in [0.3, 0.4) is 0 Å². The fourth-order valence-corrected chi connectivity index (χ4v) is 6.08. The van der Waals surface area contributed by atoms with E-state index in [9.17, 15) is 13.7 Å². The summed E-state index contributed by atoms with van der Waals surface area (Å²) in [5.74, 6) is 0. The Morgan fingerprint density at radius 2 is 1.42 bits per heavy atom. The van der Waals surface area contributed by atoms with Crippen molar-refractivity contribution in [3.63, 3.8) is 0 Å². The fraction of sp³-hybridized carbons (Fsp3) is 0.296. The third-order valence-corrected chi connectivity index (χ3v) is 8.67. The zero-order chi connectivity index (χ0) is 25.5. The Morgan fingerprint density at radius 3 is 1.97 bits per heavy atom. The number of piperazine rings is 1. The van der Waals surface area contributed by atoms with E-state index >= 15 is 0 Å². The summed E-state index contributed by atoms with van der Waals surface area (Å²) in [6, 6.07) is 23.6. The maximum absolute atomic E-state index is 13.0. The van der Waals surface area contributed by atoms with E-state index in [0.29, 0.717) is 42.8 Å². The lowest BCUT2D eigenvalue weighted by Gasteiger charge is -2.34. The van der Waals surface area contributed by atoms with Crippen molar-refractivity contribution in [2.24, 2.45) is 0 Å². The first kappa shape index (κ1) is 26.6. The Hall–Kier alpha value is -2.44. The lowest BCUT2D eigenvalue weighted by Crippen LogP contribution is -2.48. The number of nitrogens with zero attached hydrogens (tertiary/aromatic N) is 3. The quantitative estimate of drug-likeness (QED) is 0.339. The first-order chi connectivity index (χ1) is 17.4. The van der Waals surface area contributed by atoms with E-state index in [1.807, 2.05) is 54.6 Å². The van der Waals surface area contributed by atoms with Gasteiger partial charge in [0.1, 0.15) is 12.2 Å². The fourth-order valence-electron chi connectivity index (χ4n) is 4.27. The molecule has 3 aromatic rings. The third kappa shape index (κ3) is 6.46. The molecule has 188 valence electrons. The third-order valence-electron chi connectivity index (χ3n) is 6.21. The topological polar surface area (TPSA) is 73.6 Å². The molecule has 36 heavy (non-hydrogen) atoms. The molecule has 3 aromatic carbocycles. The minimum Gasteiger partial charge on any atom is -0.369 e. The minimum atomic E-state index is -3.69. The van der Waals surface area contributed by atoms with Crippen LogP contribution >= 0.6 is 23.2 Å². The maximum Gasteiger partial charge on any atom is 0.244 e. The van der Waals surface area contributed by atoms with Crippen molar-refractivity contribution in [2.45, 2.75) is 17.4 Å². The number of hydrogen-bond acceptors (Lipinski definition) is 5. The van der Waals surface area contributed by atoms with Gasteiger partial charge in [0.15, 0.2) is 0 Å². The van der Waals surface area contributed by atoms with Gasteiger partial charge in [-0.15, -0.1) is 0 Å². The largest absolute Gasteiger partial charge is 0.369 e. The van der Waals surface area contributed by atoms with Crippen LogP contribution in [-0.2, 0) is 14.8 Å². The highest BCUT2D eigenvalue weighted by atomic mass is 35.5. The van der Waals surface area contributed by atoms with Crippen LogP contribution in [0.5, 0.6) is 0 Å². The molecule has 6 nitrogen and oxygen atoms in total. The summed E-state index contributed by atoms with van der Waals surface area (Å²) in [7, 11) is -3.69. The standard InChI is InChI=1S/C27H27Cl2N3O3S/c28-24-10-6-21(7-11-24)27(22-8-12-25(29)13-9-22)35-19-3-14-31-15-17-32(18-16-31)36(33,34)26-5-2-1-4-23(26)20-30/h1-2,4-13,27H,3,14-19H2. The first-order valence-electron chi connectivity index (χ1n) is 11.7. The van der Waals surface area contributed by atoms with Crippen molar-refractivity contribution in [3.05, 3.63) is 99.5 Å². The molecule has 1 heterocycles. The molecular weight excluding hydrogens is 517 g/mol. The average molecular weight is 545 g/mol. The minimum absolute atomic E-state index is 0.0739. The molecule has 0 amide bonds. The molecule has 1 fully saturated rings. The van der Waals surface area contributed by atoms with Gasteiger partial charge in [-0.25, -0.2) is 8.42 Å². The molecule has 1 aliphatic rings. The molecule has 0 aliphatic carbocycles. The van der Waals surface area contributed by atoms with Gasteiger partial charge in [-0.3, -0.25) is 0 Å². The second-order valence-corrected chi connectivity index (χ2v) is 11.3. The van der Waals surface area contributed by atoms with E-state index in [2.05, 4.69) is 4.90 Å². The summed E-state index contributed by atoms with van der Waals surface area (Å²) in [5.41, 5.74) is 2.20. The van der Waals surface area contributed by atoms with Crippen LogP contribution in [-0.4, -0.2) is 57.0 Å². The van der Waals surface area contributed by atoms with E-state index < -0.39 is 10.0 Å². The summed E-state index contributed by atoms with van der Waals surface area (Å²) in [6.07, 6.45) is 0.573. The van der Waals surface area contributed by atoms with Crippen LogP contribution < -0.4 is 0 Å². The van der Waals surface area contributed by atoms with E-state index in [0.717, 1.165) is 24.1 Å². The molecule has 0 atom stereocenters. The molecule has 0 aromatic heterocycles. The Morgan fingerprint density at radius 1 is 0.861 bits per heavy atom. The highest BCUT2D eigenvalue weighted by Gasteiger charge is 2.30. The summed E-state index contributed by atoms with van der Waals surface area (Å²) in [5, 5.41) is 10.6. The van der Waals surface area contributed by atoms with Gasteiger partial charge in [0.05, 0.1) is 10.5 Å². The summed E-state index contributed by atoms with van der Waals surface area (Å²) in [4.78, 5) is 2.32. The number of sulfonamides is 1. The molecule has 0 N–H and O–H groups in total. The zero-order valence-corrected chi connectivity index (χ0v) is 22.0. The van der Waals surface area contributed by atoms with E-state index in [4.69, 9.17) is 27.9 Å². The predicted molar refractivity (Wildman–Crippen MR) is 142 cm³/mol. The van der Waals surface area contributed by atoms with E-state index in [1.54, 1.807) is 12.1 Å². The second-order valence-electron chi connectivity index (χ2n) is 8.56. The smallest absolute Gasteiger partial charge is 0.244 e. The summed E-state index contributed by atoms with van der Waals surface area (Å²) >= 11 is 12.1. The Kier molecular flexibility index (Phi) is 9.02. The molecular formula is C27H27Cl2N3O3S. The molecule has 9 heteroatoms. The molecule has 0 radical (unpaired) electrons. The van der Waals surface area contributed by atoms with Crippen LogP contribution in [0.1, 0.15) is 29.2 Å². The molecule has 4 rings (SSSR count). The van der Waals surface area contributed by atoms with Crippen molar-refractivity contribution in [1.82, 2.24) is 9.21 Å². The number of hydrogen-bond donors (Lipinski definition) is 0. The van der Waals surface area contributed by atoms with Crippen LogP contribution in [0.4, 0.5) is 0 Å². The predicted octanol–water partition coefficient (Wildman–Crippen LogP) is 5.37. The van der Waals surface area contributed by atoms with Crippen molar-refractivity contribution < 1.29 is 13.2 Å². The van der Waals surface area contributed by atoms with Crippen molar-refractivity contribution in [1.29, 1.82) is 5.26 Å². The monoisotopic (exact) mass is 543 g/mol. The highest BCUT2D eigenvalue weighted by molar-refractivity contribution is 7.89. The van der Waals surface area contributed by atoms with Gasteiger partial charge in [-0.2, -0.15) is 9.57 Å². The lowest BCUT2D eigenvalue weighted by atomic mass is 10.0. The normalized spacial score (nSPS) is 15.2. The number of halogens is 2. The van der Waals surface area contributed by atoms with E-state index in [-0.39, 0.29) is 16.6 Å². The van der Waals surface area contributed by atoms with Gasteiger partial charge in [0, 0.05) is 49.4 Å². The van der Waals surface area contributed by atoms with E-state index in [1.165, 1.54) is 16.4 Å². The van der Waals surface area contributed by atoms with Gasteiger partial charge < -0.3 is 9.64 Å². The van der Waals surface area contributed by atoms with Crippen LogP contribution in [0.2, 0.25) is 10.0 Å². The van der Waals surface area contributed by atoms with Crippen molar-refractivity contribution >= 4 is 33.2 Å². The molecule has 1 saturated heterocycles. The number of rotatable bonds is 9. The SMILES string of the molecule is N#Cc1ccccc1S(=O)(=O)N1CCN(CCCOC(c2ccc(Cl)cc2)c2ccc(Cl)cc2)CC1. The highest BCUT2D eigenvalue weighted by Crippen LogP contribution is 2.28. The van der Waals surface area contributed by atoms with Gasteiger partial charge >= 0.3 is 0 Å². The number of benzene rings is 3. The van der Waals surface area contributed by atoms with Gasteiger partial charge in [0.25, 0.3) is 0 Å². The maximum atomic E-state index is 13.0. The summed E-state index contributed by atoms with van der Waals surface area (Å²) in [6.45, 7) is 3.39. The van der Waals surface area contributed by atoms with Gasteiger partial charge in [0.2, 0.25) is 10.0 Å². The average Bonchev–Trinajstić information content (AvgIpc) is 2.90. The number of ether oxygens (including phenoxy) is 1. The molecule has 1 aliphatic heterocycles. The van der Waals surface area contributed by atoms with Gasteiger partial charge in [-0.1, -0.05) is 59.6 Å². The Balaban J connectivity index is 1.30. The van der Waals surface area contributed by atoms with Crippen molar-refractivity contribution in [3.8, 4) is 6.07 Å². The zero-order valence-electron chi connectivity index (χ0n) is 19.7. The Labute approximate surface area is 222 Å². The first-order valence-corrected chi connectivity index (χ1v) is 13.9. The van der Waals surface area contributed by atoms with Crippen molar-refractivity contribution in [2.75, 3.05) is 39.3 Å². The Bertz CT molecular complexity index is 1260. The molecule has 0 unspecified atom stereocenters. The second kappa shape index (κ2) is 12.2.